The molecule has 0 saturated carbocycles. The van der Waals surface area contributed by atoms with Crippen LogP contribution in [0.4, 0.5) is 0 Å². The second-order valence-electron chi connectivity index (χ2n) is 6.44. The summed E-state index contributed by atoms with van der Waals surface area (Å²) < 4.78 is 0. The van der Waals surface area contributed by atoms with Crippen LogP contribution in [0.15, 0.2) is 24.3 Å². The number of nitrogens with zero attached hydrogens (tertiary/aromatic N) is 1. The molecule has 0 saturated heterocycles. The molecule has 0 radical (unpaired) electrons. The van der Waals surface area contributed by atoms with Gasteiger partial charge in [0.05, 0.1) is 0 Å². The molecule has 0 aliphatic heterocycles. The Hall–Kier alpha value is -0.860. The third-order valence-corrected chi connectivity index (χ3v) is 4.29. The second kappa shape index (κ2) is 9.22. The van der Waals surface area contributed by atoms with Gasteiger partial charge in [0, 0.05) is 31.2 Å². The Morgan fingerprint density at radius 2 is 1.52 bits per heavy atom. The van der Waals surface area contributed by atoms with E-state index in [9.17, 15) is 0 Å². The molecule has 1 atom stereocenters. The summed E-state index contributed by atoms with van der Waals surface area (Å²) in [6.45, 7) is 15.7. The van der Waals surface area contributed by atoms with Crippen LogP contribution in [0, 0.1) is 0 Å². The molecular weight excluding hydrogens is 256 g/mol. The second-order valence-corrected chi connectivity index (χ2v) is 6.44. The van der Waals surface area contributed by atoms with E-state index < -0.39 is 0 Å². The molecule has 21 heavy (non-hydrogen) atoms. The maximum absolute atomic E-state index is 3.72. The summed E-state index contributed by atoms with van der Waals surface area (Å²) in [6, 6.07) is 10.8. The van der Waals surface area contributed by atoms with Crippen molar-refractivity contribution in [2.24, 2.45) is 0 Å². The predicted molar refractivity (Wildman–Crippen MR) is 93.8 cm³/mol. The van der Waals surface area contributed by atoms with Gasteiger partial charge >= 0.3 is 0 Å². The molecule has 1 aromatic rings. The molecule has 0 aliphatic rings. The lowest BCUT2D eigenvalue weighted by Gasteiger charge is -2.31. The maximum Gasteiger partial charge on any atom is 0.0318 e. The van der Waals surface area contributed by atoms with Crippen molar-refractivity contribution in [3.63, 3.8) is 0 Å². The average Bonchev–Trinajstić information content (AvgIpc) is 2.47. The Kier molecular flexibility index (Phi) is 7.98. The fourth-order valence-corrected chi connectivity index (χ4v) is 2.96. The minimum Gasteiger partial charge on any atom is -0.309 e. The fourth-order valence-electron chi connectivity index (χ4n) is 2.96. The molecule has 0 fully saturated rings. The topological polar surface area (TPSA) is 15.3 Å². The number of aryl methyl sites for hydroxylation is 1. The third-order valence-electron chi connectivity index (χ3n) is 4.29. The van der Waals surface area contributed by atoms with Crippen LogP contribution in [0.5, 0.6) is 0 Å². The van der Waals surface area contributed by atoms with E-state index in [-0.39, 0.29) is 0 Å². The first kappa shape index (κ1) is 18.2. The first-order chi connectivity index (χ1) is 9.99. The molecular formula is C19H34N2. The molecule has 0 bridgehead atoms. The summed E-state index contributed by atoms with van der Waals surface area (Å²) >= 11 is 0. The van der Waals surface area contributed by atoms with Gasteiger partial charge in [-0.25, -0.2) is 0 Å². The predicted octanol–water partition coefficient (Wildman–Crippen LogP) is 4.41. The van der Waals surface area contributed by atoms with Gasteiger partial charge in [-0.15, -0.1) is 0 Å². The van der Waals surface area contributed by atoms with Gasteiger partial charge < -0.3 is 5.32 Å². The zero-order valence-electron chi connectivity index (χ0n) is 14.8. The van der Waals surface area contributed by atoms with Gasteiger partial charge in [-0.1, -0.05) is 38.1 Å². The van der Waals surface area contributed by atoms with Crippen LogP contribution in [0.1, 0.15) is 65.1 Å². The van der Waals surface area contributed by atoms with E-state index in [1.807, 2.05) is 0 Å². The molecule has 120 valence electrons. The van der Waals surface area contributed by atoms with E-state index in [0.717, 1.165) is 25.9 Å². The molecule has 0 aromatic heterocycles. The van der Waals surface area contributed by atoms with E-state index in [4.69, 9.17) is 0 Å². The van der Waals surface area contributed by atoms with Crippen molar-refractivity contribution < 1.29 is 0 Å². The molecule has 1 rings (SSSR count). The molecule has 1 N–H and O–H groups in total. The smallest absolute Gasteiger partial charge is 0.0318 e. The van der Waals surface area contributed by atoms with Crippen LogP contribution in [0.25, 0.3) is 0 Å². The number of benzene rings is 1. The molecule has 1 unspecified atom stereocenters. The van der Waals surface area contributed by atoms with Gasteiger partial charge in [0.1, 0.15) is 0 Å². The molecule has 0 heterocycles. The quantitative estimate of drug-likeness (QED) is 0.725. The molecule has 0 aliphatic carbocycles. The van der Waals surface area contributed by atoms with Crippen molar-refractivity contribution in [1.29, 1.82) is 0 Å². The number of hydrogen-bond donors (Lipinski definition) is 1. The van der Waals surface area contributed by atoms with Crippen molar-refractivity contribution in [2.75, 3.05) is 13.1 Å². The Balaban J connectivity index is 2.53. The average molecular weight is 290 g/mol. The summed E-state index contributed by atoms with van der Waals surface area (Å²) in [5.74, 6) is 0. The molecule has 0 amide bonds. The van der Waals surface area contributed by atoms with Gasteiger partial charge in [0.25, 0.3) is 0 Å². The lowest BCUT2D eigenvalue weighted by molar-refractivity contribution is 0.173. The van der Waals surface area contributed by atoms with E-state index in [1.54, 1.807) is 0 Å². The highest BCUT2D eigenvalue weighted by atomic mass is 15.2. The largest absolute Gasteiger partial charge is 0.309 e. The fraction of sp³-hybridized carbons (Fsp3) is 0.684. The maximum atomic E-state index is 3.72. The van der Waals surface area contributed by atoms with Gasteiger partial charge in [0.2, 0.25) is 0 Å². The summed E-state index contributed by atoms with van der Waals surface area (Å²) in [6.07, 6.45) is 2.25. The van der Waals surface area contributed by atoms with Crippen molar-refractivity contribution in [3.05, 3.63) is 35.4 Å². The van der Waals surface area contributed by atoms with Crippen LogP contribution in [-0.2, 0) is 6.42 Å². The molecule has 1 aromatic carbocycles. The lowest BCUT2D eigenvalue weighted by Crippen LogP contribution is -2.42. The van der Waals surface area contributed by atoms with Gasteiger partial charge in [0.15, 0.2) is 0 Å². The Labute approximate surface area is 131 Å². The Morgan fingerprint density at radius 3 is 1.95 bits per heavy atom. The van der Waals surface area contributed by atoms with Crippen LogP contribution < -0.4 is 5.32 Å². The van der Waals surface area contributed by atoms with Gasteiger partial charge in [-0.05, 0) is 51.7 Å². The van der Waals surface area contributed by atoms with E-state index in [2.05, 4.69) is 76.0 Å². The SMILES string of the molecule is CCc1ccc(C(CC)NCCN(C(C)C)C(C)C)cc1. The summed E-state index contributed by atoms with van der Waals surface area (Å²) in [7, 11) is 0. The molecule has 0 spiro atoms. The normalized spacial score (nSPS) is 13.4. The number of rotatable bonds is 9. The zero-order valence-corrected chi connectivity index (χ0v) is 14.8. The van der Waals surface area contributed by atoms with Crippen molar-refractivity contribution >= 4 is 0 Å². The van der Waals surface area contributed by atoms with Gasteiger partial charge in [-0.3, -0.25) is 4.90 Å². The first-order valence-corrected chi connectivity index (χ1v) is 8.57. The van der Waals surface area contributed by atoms with Crippen molar-refractivity contribution in [2.45, 2.75) is 72.5 Å². The standard InChI is InChI=1S/C19H34N2/c1-7-17-9-11-18(12-10-17)19(8-2)20-13-14-21(15(3)4)16(5)6/h9-12,15-16,19-20H,7-8,13-14H2,1-6H3. The lowest BCUT2D eigenvalue weighted by atomic mass is 10.0. The monoisotopic (exact) mass is 290 g/mol. The Bertz CT molecular complexity index is 373. The van der Waals surface area contributed by atoms with E-state index >= 15 is 0 Å². The van der Waals surface area contributed by atoms with Crippen molar-refractivity contribution in [1.82, 2.24) is 10.2 Å². The van der Waals surface area contributed by atoms with E-state index in [0.29, 0.717) is 18.1 Å². The van der Waals surface area contributed by atoms with Crippen molar-refractivity contribution in [3.8, 4) is 0 Å². The Morgan fingerprint density at radius 1 is 0.952 bits per heavy atom. The van der Waals surface area contributed by atoms with Crippen LogP contribution >= 0.6 is 0 Å². The summed E-state index contributed by atoms with van der Waals surface area (Å²) in [5, 5.41) is 3.72. The minimum absolute atomic E-state index is 0.470. The number of nitrogens with one attached hydrogen (secondary N) is 1. The number of hydrogen-bond acceptors (Lipinski definition) is 2. The van der Waals surface area contributed by atoms with Crippen LogP contribution in [0.3, 0.4) is 0 Å². The molecule has 2 nitrogen and oxygen atoms in total. The first-order valence-electron chi connectivity index (χ1n) is 8.57. The molecule has 2 heteroatoms. The minimum atomic E-state index is 0.470. The third kappa shape index (κ3) is 5.80. The van der Waals surface area contributed by atoms with Crippen LogP contribution in [-0.4, -0.2) is 30.1 Å². The summed E-state index contributed by atoms with van der Waals surface area (Å²) in [4.78, 5) is 2.54. The van der Waals surface area contributed by atoms with Crippen LogP contribution in [0.2, 0.25) is 0 Å². The van der Waals surface area contributed by atoms with Gasteiger partial charge in [-0.2, -0.15) is 0 Å². The highest BCUT2D eigenvalue weighted by Crippen LogP contribution is 2.17. The highest BCUT2D eigenvalue weighted by molar-refractivity contribution is 5.25. The summed E-state index contributed by atoms with van der Waals surface area (Å²) in [5.41, 5.74) is 2.83. The van der Waals surface area contributed by atoms with E-state index in [1.165, 1.54) is 11.1 Å². The zero-order chi connectivity index (χ0) is 15.8. The highest BCUT2D eigenvalue weighted by Gasteiger charge is 2.14.